The maximum atomic E-state index is 5.66. The fourth-order valence-corrected chi connectivity index (χ4v) is 1.15. The largest absolute Gasteiger partial charge is 0.497 e. The van der Waals surface area contributed by atoms with Crippen molar-refractivity contribution in [1.82, 2.24) is 0 Å². The summed E-state index contributed by atoms with van der Waals surface area (Å²) in [7, 11) is 1.57. The predicted molar refractivity (Wildman–Crippen MR) is 54.4 cm³/mol. The molecule has 0 fully saturated rings. The van der Waals surface area contributed by atoms with Gasteiger partial charge in [-0.25, -0.2) is 0 Å². The molecule has 0 amide bonds. The van der Waals surface area contributed by atoms with E-state index < -0.39 is 0 Å². The second-order valence-corrected chi connectivity index (χ2v) is 2.68. The van der Waals surface area contributed by atoms with Gasteiger partial charge in [-0.3, -0.25) is 0 Å². The van der Waals surface area contributed by atoms with Gasteiger partial charge in [0, 0.05) is 10.0 Å². The number of benzene rings is 1. The molecule has 0 aliphatic carbocycles. The maximum Gasteiger partial charge on any atom is 0.121 e. The van der Waals surface area contributed by atoms with Crippen LogP contribution in [-0.4, -0.2) is 7.11 Å². The van der Waals surface area contributed by atoms with Crippen molar-refractivity contribution in [1.29, 1.82) is 0 Å². The predicted octanol–water partition coefficient (Wildman–Crippen LogP) is 4.03. The molecule has 0 aliphatic rings. The van der Waals surface area contributed by atoms with Crippen LogP contribution in [0.4, 0.5) is 0 Å². The van der Waals surface area contributed by atoms with E-state index in [-0.39, 0.29) is 0 Å². The van der Waals surface area contributed by atoms with Gasteiger partial charge in [-0.05, 0) is 18.2 Å². The van der Waals surface area contributed by atoms with Crippen molar-refractivity contribution in [3.05, 3.63) is 28.2 Å². The molecule has 1 nitrogen and oxygen atoms in total. The minimum absolute atomic E-state index is 0.587. The standard InChI is InChI=1S/C7H6Cl2O.C2H6/c1-10-7-3-5(8)2-6(9)4-7;1-2/h2-4H,1H3;1-2H3. The Morgan fingerprint density at radius 2 is 1.42 bits per heavy atom. The highest BCUT2D eigenvalue weighted by Crippen LogP contribution is 2.23. The van der Waals surface area contributed by atoms with E-state index in [2.05, 4.69) is 0 Å². The lowest BCUT2D eigenvalue weighted by molar-refractivity contribution is 0.415. The first kappa shape index (κ1) is 11.6. The highest BCUT2D eigenvalue weighted by atomic mass is 35.5. The summed E-state index contributed by atoms with van der Waals surface area (Å²) in [5.41, 5.74) is 0. The molecule has 3 heteroatoms. The third-order valence-electron chi connectivity index (χ3n) is 1.07. The number of hydrogen-bond acceptors (Lipinski definition) is 1. The van der Waals surface area contributed by atoms with Crippen molar-refractivity contribution in [2.75, 3.05) is 7.11 Å². The SMILES string of the molecule is CC.COc1cc(Cl)cc(Cl)c1. The molecule has 1 aromatic carbocycles. The van der Waals surface area contributed by atoms with Crippen molar-refractivity contribution in [3.8, 4) is 5.75 Å². The second-order valence-electron chi connectivity index (χ2n) is 1.81. The molecule has 12 heavy (non-hydrogen) atoms. The highest BCUT2D eigenvalue weighted by molar-refractivity contribution is 6.34. The molecule has 0 saturated heterocycles. The molecule has 0 N–H and O–H groups in total. The van der Waals surface area contributed by atoms with E-state index in [9.17, 15) is 0 Å². The van der Waals surface area contributed by atoms with Crippen LogP contribution in [0.2, 0.25) is 10.0 Å². The molecular formula is C9H12Cl2O. The first-order valence-electron chi connectivity index (χ1n) is 3.72. The summed E-state index contributed by atoms with van der Waals surface area (Å²) in [6.07, 6.45) is 0. The summed E-state index contributed by atoms with van der Waals surface area (Å²) in [6.45, 7) is 4.00. The minimum Gasteiger partial charge on any atom is -0.497 e. The van der Waals surface area contributed by atoms with Gasteiger partial charge in [-0.2, -0.15) is 0 Å². The Kier molecular flexibility index (Phi) is 5.95. The van der Waals surface area contributed by atoms with Crippen molar-refractivity contribution in [2.45, 2.75) is 13.8 Å². The summed E-state index contributed by atoms with van der Waals surface area (Å²) in [6, 6.07) is 5.06. The highest BCUT2D eigenvalue weighted by Gasteiger charge is 1.95. The zero-order valence-corrected chi connectivity index (χ0v) is 8.91. The van der Waals surface area contributed by atoms with Gasteiger partial charge in [-0.1, -0.05) is 37.0 Å². The van der Waals surface area contributed by atoms with Crippen LogP contribution >= 0.6 is 23.2 Å². The van der Waals surface area contributed by atoms with E-state index in [0.717, 1.165) is 0 Å². The van der Waals surface area contributed by atoms with E-state index in [1.165, 1.54) is 0 Å². The Bertz CT molecular complexity index is 216. The van der Waals surface area contributed by atoms with Crippen LogP contribution in [0.15, 0.2) is 18.2 Å². The Morgan fingerprint density at radius 3 is 1.75 bits per heavy atom. The average molecular weight is 207 g/mol. The number of methoxy groups -OCH3 is 1. The third kappa shape index (κ3) is 3.84. The zero-order chi connectivity index (χ0) is 9.56. The molecule has 0 aliphatic heterocycles. The first-order chi connectivity index (χ1) is 5.72. The maximum absolute atomic E-state index is 5.66. The van der Waals surface area contributed by atoms with Crippen LogP contribution in [0.1, 0.15) is 13.8 Å². The van der Waals surface area contributed by atoms with Gasteiger partial charge in [0.2, 0.25) is 0 Å². The van der Waals surface area contributed by atoms with Gasteiger partial charge in [0.1, 0.15) is 5.75 Å². The average Bonchev–Trinajstić information content (AvgIpc) is 2.06. The molecular weight excluding hydrogens is 195 g/mol. The molecule has 0 aromatic heterocycles. The fourth-order valence-electron chi connectivity index (χ4n) is 0.646. The third-order valence-corrected chi connectivity index (χ3v) is 1.51. The molecule has 68 valence electrons. The van der Waals surface area contributed by atoms with E-state index in [1.807, 2.05) is 13.8 Å². The number of rotatable bonds is 1. The lowest BCUT2D eigenvalue weighted by atomic mass is 10.3. The molecule has 0 saturated carbocycles. The molecule has 0 spiro atoms. The van der Waals surface area contributed by atoms with Crippen molar-refractivity contribution < 1.29 is 4.74 Å². The van der Waals surface area contributed by atoms with Gasteiger partial charge < -0.3 is 4.74 Å². The smallest absolute Gasteiger partial charge is 0.121 e. The van der Waals surface area contributed by atoms with Crippen LogP contribution in [0.25, 0.3) is 0 Å². The second kappa shape index (κ2) is 6.15. The molecule has 0 bridgehead atoms. The van der Waals surface area contributed by atoms with Crippen LogP contribution in [0.5, 0.6) is 5.75 Å². The molecule has 0 unspecified atom stereocenters. The van der Waals surface area contributed by atoms with Crippen LogP contribution in [0.3, 0.4) is 0 Å². The zero-order valence-electron chi connectivity index (χ0n) is 7.40. The summed E-state index contributed by atoms with van der Waals surface area (Å²) in [4.78, 5) is 0. The van der Waals surface area contributed by atoms with E-state index >= 15 is 0 Å². The minimum atomic E-state index is 0.587. The lowest BCUT2D eigenvalue weighted by Crippen LogP contribution is -1.81. The van der Waals surface area contributed by atoms with Gasteiger partial charge in [0.25, 0.3) is 0 Å². The molecule has 1 aromatic rings. The lowest BCUT2D eigenvalue weighted by Gasteiger charge is -1.99. The van der Waals surface area contributed by atoms with Crippen molar-refractivity contribution >= 4 is 23.2 Å². The number of hydrogen-bond donors (Lipinski definition) is 0. The normalized spacial score (nSPS) is 8.42. The summed E-state index contributed by atoms with van der Waals surface area (Å²) >= 11 is 11.3. The van der Waals surface area contributed by atoms with Crippen LogP contribution in [-0.2, 0) is 0 Å². The Hall–Kier alpha value is -0.400. The first-order valence-corrected chi connectivity index (χ1v) is 4.48. The van der Waals surface area contributed by atoms with Crippen LogP contribution < -0.4 is 4.74 Å². The topological polar surface area (TPSA) is 9.23 Å². The van der Waals surface area contributed by atoms with E-state index in [0.29, 0.717) is 15.8 Å². The summed E-state index contributed by atoms with van der Waals surface area (Å²) in [5.74, 6) is 0.678. The quantitative estimate of drug-likeness (QED) is 0.675. The molecule has 1 rings (SSSR count). The van der Waals surface area contributed by atoms with Gasteiger partial charge in [-0.15, -0.1) is 0 Å². The Labute approximate surface area is 83.3 Å². The molecule has 0 atom stereocenters. The summed E-state index contributed by atoms with van der Waals surface area (Å²) < 4.78 is 4.91. The van der Waals surface area contributed by atoms with Gasteiger partial charge >= 0.3 is 0 Å². The van der Waals surface area contributed by atoms with Crippen molar-refractivity contribution in [2.24, 2.45) is 0 Å². The Balaban J connectivity index is 0.000000561. The fraction of sp³-hybridized carbons (Fsp3) is 0.333. The number of ether oxygens (including phenoxy) is 1. The Morgan fingerprint density at radius 1 is 1.00 bits per heavy atom. The monoisotopic (exact) mass is 206 g/mol. The van der Waals surface area contributed by atoms with Crippen LogP contribution in [0, 0.1) is 0 Å². The van der Waals surface area contributed by atoms with E-state index in [1.54, 1.807) is 25.3 Å². The number of halogens is 2. The van der Waals surface area contributed by atoms with Gasteiger partial charge in [0.05, 0.1) is 7.11 Å². The molecule has 0 heterocycles. The summed E-state index contributed by atoms with van der Waals surface area (Å²) in [5, 5.41) is 1.17. The van der Waals surface area contributed by atoms with Gasteiger partial charge in [0.15, 0.2) is 0 Å². The van der Waals surface area contributed by atoms with Crippen molar-refractivity contribution in [3.63, 3.8) is 0 Å². The van der Waals surface area contributed by atoms with E-state index in [4.69, 9.17) is 27.9 Å². The molecule has 0 radical (unpaired) electrons.